The van der Waals surface area contributed by atoms with Crippen LogP contribution in [-0.4, -0.2) is 17.1 Å². The van der Waals surface area contributed by atoms with Crippen molar-refractivity contribution in [3.63, 3.8) is 0 Å². The van der Waals surface area contributed by atoms with Crippen LogP contribution in [0.15, 0.2) is 24.5 Å². The molecule has 0 aliphatic heterocycles. The fourth-order valence-electron chi connectivity index (χ4n) is 2.19. The molecule has 1 aromatic carbocycles. The minimum atomic E-state index is 0.224. The number of nitrogen functional groups attached to an aromatic ring is 1. The summed E-state index contributed by atoms with van der Waals surface area (Å²) in [5, 5.41) is 3.92. The maximum atomic E-state index is 6.23. The number of nitrogens with zero attached hydrogens (tertiary/aromatic N) is 2. The smallest absolute Gasteiger partial charge is 0.135 e. The van der Waals surface area contributed by atoms with Crippen molar-refractivity contribution in [1.82, 2.24) is 9.97 Å². The Balaban J connectivity index is 2.27. The zero-order chi connectivity index (χ0) is 15.4. The van der Waals surface area contributed by atoms with Gasteiger partial charge < -0.3 is 15.8 Å². The molecule has 0 saturated heterocycles. The minimum absolute atomic E-state index is 0.224. The number of nitrogens with two attached hydrogens (primary N) is 1. The Labute approximate surface area is 129 Å². The van der Waals surface area contributed by atoms with Gasteiger partial charge in [-0.05, 0) is 18.1 Å². The van der Waals surface area contributed by atoms with Gasteiger partial charge in [0.15, 0.2) is 0 Å². The molecule has 3 N–H and O–H groups in total. The first-order valence-electron chi connectivity index (χ1n) is 6.70. The Morgan fingerprint density at radius 2 is 2.10 bits per heavy atom. The van der Waals surface area contributed by atoms with E-state index in [4.69, 9.17) is 22.1 Å². The highest BCUT2D eigenvalue weighted by Crippen LogP contribution is 2.30. The zero-order valence-electron chi connectivity index (χ0n) is 12.4. The number of anilines is 2. The van der Waals surface area contributed by atoms with E-state index in [1.807, 2.05) is 18.2 Å². The summed E-state index contributed by atoms with van der Waals surface area (Å²) in [6.45, 7) is 4.60. The van der Waals surface area contributed by atoms with Crippen molar-refractivity contribution in [3.8, 4) is 5.75 Å². The van der Waals surface area contributed by atoms with Crippen LogP contribution in [0.5, 0.6) is 5.75 Å². The maximum absolute atomic E-state index is 6.23. The van der Waals surface area contributed by atoms with Gasteiger partial charge in [0.05, 0.1) is 7.11 Å². The Hall–Kier alpha value is -2.01. The normalized spacial score (nSPS) is 10.7. The van der Waals surface area contributed by atoms with E-state index in [-0.39, 0.29) is 5.92 Å². The molecule has 0 aliphatic rings. The lowest BCUT2D eigenvalue weighted by atomic mass is 10.0. The summed E-state index contributed by atoms with van der Waals surface area (Å²) in [5.74, 6) is 2.18. The quantitative estimate of drug-likeness (QED) is 0.885. The summed E-state index contributed by atoms with van der Waals surface area (Å²) < 4.78 is 5.33. The predicted molar refractivity (Wildman–Crippen MR) is 85.9 cm³/mol. The maximum Gasteiger partial charge on any atom is 0.135 e. The molecular formula is C15H19ClN4O. The largest absolute Gasteiger partial charge is 0.496 e. The lowest BCUT2D eigenvalue weighted by Gasteiger charge is -2.16. The molecule has 1 heterocycles. The number of hydrogen-bond acceptors (Lipinski definition) is 5. The molecule has 0 bridgehead atoms. The Bertz CT molecular complexity index is 631. The Kier molecular flexibility index (Phi) is 4.85. The first-order valence-corrected chi connectivity index (χ1v) is 7.08. The number of methoxy groups -OCH3 is 1. The second-order valence-electron chi connectivity index (χ2n) is 4.95. The van der Waals surface area contributed by atoms with E-state index in [1.165, 1.54) is 6.33 Å². The SMILES string of the molecule is COc1cccc(Cl)c1CNc1ncnc(N)c1C(C)C. The molecule has 2 aromatic rings. The summed E-state index contributed by atoms with van der Waals surface area (Å²) in [6.07, 6.45) is 1.45. The molecule has 0 unspecified atom stereocenters. The number of halogens is 1. The molecule has 0 spiro atoms. The highest BCUT2D eigenvalue weighted by Gasteiger charge is 2.14. The van der Waals surface area contributed by atoms with Crippen molar-refractivity contribution in [2.24, 2.45) is 0 Å². The molecule has 0 radical (unpaired) electrons. The molecule has 0 aliphatic carbocycles. The van der Waals surface area contributed by atoms with Crippen molar-refractivity contribution in [2.45, 2.75) is 26.3 Å². The number of rotatable bonds is 5. The monoisotopic (exact) mass is 306 g/mol. The number of hydrogen-bond donors (Lipinski definition) is 2. The van der Waals surface area contributed by atoms with Gasteiger partial charge in [-0.1, -0.05) is 31.5 Å². The lowest BCUT2D eigenvalue weighted by molar-refractivity contribution is 0.410. The van der Waals surface area contributed by atoms with E-state index in [0.29, 0.717) is 17.4 Å². The third-order valence-electron chi connectivity index (χ3n) is 3.22. The highest BCUT2D eigenvalue weighted by molar-refractivity contribution is 6.31. The highest BCUT2D eigenvalue weighted by atomic mass is 35.5. The van der Waals surface area contributed by atoms with Gasteiger partial charge in [-0.3, -0.25) is 0 Å². The minimum Gasteiger partial charge on any atom is -0.496 e. The Morgan fingerprint density at radius 3 is 2.76 bits per heavy atom. The second kappa shape index (κ2) is 6.63. The molecular weight excluding hydrogens is 288 g/mol. The van der Waals surface area contributed by atoms with Gasteiger partial charge in [0.1, 0.15) is 23.7 Å². The molecule has 6 heteroatoms. The average Bonchev–Trinajstić information content (AvgIpc) is 2.45. The van der Waals surface area contributed by atoms with Gasteiger partial charge in [0.25, 0.3) is 0 Å². The molecule has 112 valence electrons. The van der Waals surface area contributed by atoms with Crippen LogP contribution in [-0.2, 0) is 6.54 Å². The molecule has 5 nitrogen and oxygen atoms in total. The first kappa shape index (κ1) is 15.4. The number of aromatic nitrogens is 2. The van der Waals surface area contributed by atoms with E-state index < -0.39 is 0 Å². The van der Waals surface area contributed by atoms with Crippen LogP contribution >= 0.6 is 11.6 Å². The van der Waals surface area contributed by atoms with Gasteiger partial charge in [0.2, 0.25) is 0 Å². The molecule has 1 aromatic heterocycles. The third kappa shape index (κ3) is 3.36. The summed E-state index contributed by atoms with van der Waals surface area (Å²) in [7, 11) is 1.62. The molecule has 0 atom stereocenters. The van der Waals surface area contributed by atoms with Crippen molar-refractivity contribution in [3.05, 3.63) is 40.7 Å². The third-order valence-corrected chi connectivity index (χ3v) is 3.57. The lowest BCUT2D eigenvalue weighted by Crippen LogP contribution is -2.10. The fraction of sp³-hybridized carbons (Fsp3) is 0.333. The zero-order valence-corrected chi connectivity index (χ0v) is 13.1. The van der Waals surface area contributed by atoms with Crippen molar-refractivity contribution < 1.29 is 4.74 Å². The van der Waals surface area contributed by atoms with Crippen LogP contribution in [0.2, 0.25) is 5.02 Å². The van der Waals surface area contributed by atoms with Gasteiger partial charge in [-0.2, -0.15) is 0 Å². The number of ether oxygens (including phenoxy) is 1. The van der Waals surface area contributed by atoms with Gasteiger partial charge in [0, 0.05) is 22.7 Å². The van der Waals surface area contributed by atoms with Crippen LogP contribution in [0.1, 0.15) is 30.9 Å². The van der Waals surface area contributed by atoms with Gasteiger partial charge in [-0.25, -0.2) is 9.97 Å². The van der Waals surface area contributed by atoms with Crippen LogP contribution in [0.4, 0.5) is 11.6 Å². The molecule has 21 heavy (non-hydrogen) atoms. The van der Waals surface area contributed by atoms with Gasteiger partial charge >= 0.3 is 0 Å². The van der Waals surface area contributed by atoms with Crippen LogP contribution in [0.25, 0.3) is 0 Å². The molecule has 0 fully saturated rings. The summed E-state index contributed by atoms with van der Waals surface area (Å²) in [5.41, 5.74) is 7.72. The molecule has 0 amide bonds. The van der Waals surface area contributed by atoms with Crippen molar-refractivity contribution in [2.75, 3.05) is 18.2 Å². The van der Waals surface area contributed by atoms with Crippen LogP contribution in [0, 0.1) is 0 Å². The summed E-state index contributed by atoms with van der Waals surface area (Å²) >= 11 is 6.23. The number of benzene rings is 1. The van der Waals surface area contributed by atoms with E-state index in [9.17, 15) is 0 Å². The topological polar surface area (TPSA) is 73.1 Å². The van der Waals surface area contributed by atoms with E-state index in [1.54, 1.807) is 7.11 Å². The van der Waals surface area contributed by atoms with Crippen molar-refractivity contribution in [1.29, 1.82) is 0 Å². The predicted octanol–water partition coefficient (Wildman–Crippen LogP) is 3.46. The Morgan fingerprint density at radius 1 is 1.33 bits per heavy atom. The number of nitrogens with one attached hydrogen (secondary N) is 1. The van der Waals surface area contributed by atoms with E-state index in [2.05, 4.69) is 29.1 Å². The summed E-state index contributed by atoms with van der Waals surface area (Å²) in [6, 6.07) is 5.56. The van der Waals surface area contributed by atoms with E-state index in [0.717, 1.165) is 22.7 Å². The van der Waals surface area contributed by atoms with Gasteiger partial charge in [-0.15, -0.1) is 0 Å². The van der Waals surface area contributed by atoms with Crippen LogP contribution in [0.3, 0.4) is 0 Å². The summed E-state index contributed by atoms with van der Waals surface area (Å²) in [4.78, 5) is 8.32. The van der Waals surface area contributed by atoms with Crippen LogP contribution < -0.4 is 15.8 Å². The molecule has 0 saturated carbocycles. The average molecular weight is 307 g/mol. The van der Waals surface area contributed by atoms with Crippen molar-refractivity contribution >= 4 is 23.2 Å². The standard InChI is InChI=1S/C15H19ClN4O/c1-9(2)13-14(17)19-8-20-15(13)18-7-10-11(16)5-4-6-12(10)21-3/h4-6,8-9H,7H2,1-3H3,(H3,17,18,19,20). The van der Waals surface area contributed by atoms with E-state index >= 15 is 0 Å². The fourth-order valence-corrected chi connectivity index (χ4v) is 2.43. The molecule has 2 rings (SSSR count). The first-order chi connectivity index (χ1) is 10.0. The second-order valence-corrected chi connectivity index (χ2v) is 5.36.